The number of carbonyl (C=O) groups is 1. The topological polar surface area (TPSA) is 66.5 Å². The molecule has 30 heavy (non-hydrogen) atoms. The van der Waals surface area contributed by atoms with Crippen molar-refractivity contribution >= 4 is 27.5 Å². The quantitative estimate of drug-likeness (QED) is 0.702. The summed E-state index contributed by atoms with van der Waals surface area (Å²) in [5, 5.41) is 3.25. The van der Waals surface area contributed by atoms with E-state index in [2.05, 4.69) is 12.2 Å². The molecule has 0 spiro atoms. The highest BCUT2D eigenvalue weighted by atomic mass is 35.5. The van der Waals surface area contributed by atoms with E-state index >= 15 is 0 Å². The number of sulfonamides is 1. The second-order valence-electron chi connectivity index (χ2n) is 8.45. The van der Waals surface area contributed by atoms with Crippen LogP contribution in [0.5, 0.6) is 0 Å². The molecule has 1 saturated carbocycles. The maximum absolute atomic E-state index is 13.2. The van der Waals surface area contributed by atoms with Crippen LogP contribution in [0.2, 0.25) is 5.02 Å². The van der Waals surface area contributed by atoms with E-state index in [1.165, 1.54) is 16.4 Å². The fourth-order valence-electron chi connectivity index (χ4n) is 4.13. The van der Waals surface area contributed by atoms with Gasteiger partial charge in [-0.3, -0.25) is 4.79 Å². The Bertz CT molecular complexity index is 1020. The van der Waals surface area contributed by atoms with Gasteiger partial charge >= 0.3 is 0 Å². The number of nitrogens with zero attached hydrogens (tertiary/aromatic N) is 1. The summed E-state index contributed by atoms with van der Waals surface area (Å²) in [6, 6.07) is 14.3. The number of piperidine rings is 1. The van der Waals surface area contributed by atoms with E-state index in [9.17, 15) is 13.2 Å². The van der Waals surface area contributed by atoms with Gasteiger partial charge in [-0.05, 0) is 61.3 Å². The van der Waals surface area contributed by atoms with E-state index in [1.807, 2.05) is 30.3 Å². The fraction of sp³-hybridized carbons (Fsp3) is 0.435. The summed E-state index contributed by atoms with van der Waals surface area (Å²) in [6.45, 7) is 3.01. The molecule has 1 N–H and O–H groups in total. The summed E-state index contributed by atoms with van der Waals surface area (Å²) in [7, 11) is -3.74. The summed E-state index contributed by atoms with van der Waals surface area (Å²) >= 11 is 6.27. The Morgan fingerprint density at radius 1 is 1.13 bits per heavy atom. The number of hydrogen-bond acceptors (Lipinski definition) is 3. The lowest BCUT2D eigenvalue weighted by Crippen LogP contribution is -2.39. The third-order valence-electron chi connectivity index (χ3n) is 5.97. The van der Waals surface area contributed by atoms with Gasteiger partial charge in [-0.15, -0.1) is 0 Å². The van der Waals surface area contributed by atoms with Crippen molar-refractivity contribution in [3.63, 3.8) is 0 Å². The maximum atomic E-state index is 13.2. The Kier molecular flexibility index (Phi) is 6.19. The average Bonchev–Trinajstić information content (AvgIpc) is 3.58. The lowest BCUT2D eigenvalue weighted by atomic mass is 10.0. The zero-order valence-corrected chi connectivity index (χ0v) is 18.6. The van der Waals surface area contributed by atoms with Gasteiger partial charge in [0.1, 0.15) is 4.90 Å². The summed E-state index contributed by atoms with van der Waals surface area (Å²) in [5.74, 6) is 0.446. The minimum absolute atomic E-state index is 0.00796. The van der Waals surface area contributed by atoms with E-state index < -0.39 is 10.0 Å². The number of rotatable bonds is 6. The Hall–Kier alpha value is -1.89. The van der Waals surface area contributed by atoms with Crippen LogP contribution in [-0.4, -0.2) is 31.7 Å². The highest BCUT2D eigenvalue weighted by Crippen LogP contribution is 2.41. The molecule has 1 aliphatic carbocycles. The van der Waals surface area contributed by atoms with Crippen molar-refractivity contribution in [1.82, 2.24) is 9.62 Å². The molecule has 1 saturated heterocycles. The van der Waals surface area contributed by atoms with Crippen LogP contribution in [0.25, 0.3) is 0 Å². The SMILES string of the molecule is CC1CCCN(S(=O)(=O)c2cc(C(=O)NC(c3ccccc3)C3CC3)ccc2Cl)C1. The van der Waals surface area contributed by atoms with E-state index in [0.29, 0.717) is 30.5 Å². The predicted molar refractivity (Wildman–Crippen MR) is 118 cm³/mol. The number of amides is 1. The molecule has 4 rings (SSSR count). The van der Waals surface area contributed by atoms with Crippen molar-refractivity contribution in [2.75, 3.05) is 13.1 Å². The molecule has 0 radical (unpaired) electrons. The molecule has 2 aromatic carbocycles. The normalized spacial score (nSPS) is 21.2. The van der Waals surface area contributed by atoms with Crippen LogP contribution in [0.4, 0.5) is 0 Å². The maximum Gasteiger partial charge on any atom is 0.251 e. The molecule has 5 nitrogen and oxygen atoms in total. The summed E-state index contributed by atoms with van der Waals surface area (Å²) in [6.07, 6.45) is 4.00. The lowest BCUT2D eigenvalue weighted by molar-refractivity contribution is 0.0931. The Labute approximate surface area is 183 Å². The van der Waals surface area contributed by atoms with Crippen LogP contribution in [0, 0.1) is 11.8 Å². The molecule has 0 aromatic heterocycles. The first-order valence-corrected chi connectivity index (χ1v) is 12.3. The first-order valence-electron chi connectivity index (χ1n) is 10.5. The molecule has 2 aliphatic rings. The summed E-state index contributed by atoms with van der Waals surface area (Å²) < 4.78 is 27.9. The Balaban J connectivity index is 1.58. The molecule has 160 valence electrons. The van der Waals surface area contributed by atoms with Gasteiger partial charge in [0.25, 0.3) is 5.91 Å². The largest absolute Gasteiger partial charge is 0.345 e. The van der Waals surface area contributed by atoms with Gasteiger partial charge < -0.3 is 5.32 Å². The fourth-order valence-corrected chi connectivity index (χ4v) is 6.23. The van der Waals surface area contributed by atoms with E-state index in [-0.39, 0.29) is 21.9 Å². The molecule has 1 aliphatic heterocycles. The molecular weight excluding hydrogens is 420 g/mol. The number of carbonyl (C=O) groups excluding carboxylic acids is 1. The predicted octanol–water partition coefficient (Wildman–Crippen LogP) is 4.64. The molecule has 2 aromatic rings. The molecule has 1 heterocycles. The molecular formula is C23H27ClN2O3S. The third-order valence-corrected chi connectivity index (χ3v) is 8.32. The van der Waals surface area contributed by atoms with Crippen molar-refractivity contribution in [2.45, 2.75) is 43.5 Å². The van der Waals surface area contributed by atoms with Gasteiger partial charge in [0.05, 0.1) is 11.1 Å². The zero-order chi connectivity index (χ0) is 21.3. The van der Waals surface area contributed by atoms with Gasteiger partial charge in [-0.2, -0.15) is 4.31 Å². The van der Waals surface area contributed by atoms with E-state index in [0.717, 1.165) is 31.2 Å². The molecule has 2 fully saturated rings. The number of benzene rings is 2. The van der Waals surface area contributed by atoms with Crippen LogP contribution in [0.15, 0.2) is 53.4 Å². The number of halogens is 1. The number of nitrogens with one attached hydrogen (secondary N) is 1. The summed E-state index contributed by atoms with van der Waals surface area (Å²) in [4.78, 5) is 13.0. The minimum Gasteiger partial charge on any atom is -0.345 e. The van der Waals surface area contributed by atoms with Gasteiger partial charge in [-0.1, -0.05) is 48.9 Å². The van der Waals surface area contributed by atoms with Crippen molar-refractivity contribution in [2.24, 2.45) is 11.8 Å². The van der Waals surface area contributed by atoms with Crippen molar-refractivity contribution < 1.29 is 13.2 Å². The Morgan fingerprint density at radius 2 is 1.87 bits per heavy atom. The van der Waals surface area contributed by atoms with E-state index in [4.69, 9.17) is 11.6 Å². The van der Waals surface area contributed by atoms with Gasteiger partial charge in [0.2, 0.25) is 10.0 Å². The third kappa shape index (κ3) is 4.56. The molecule has 1 amide bonds. The monoisotopic (exact) mass is 446 g/mol. The van der Waals surface area contributed by atoms with Gasteiger partial charge in [0, 0.05) is 18.7 Å². The average molecular weight is 447 g/mol. The smallest absolute Gasteiger partial charge is 0.251 e. The first-order chi connectivity index (χ1) is 14.4. The molecule has 7 heteroatoms. The van der Waals surface area contributed by atoms with Crippen LogP contribution in [0.3, 0.4) is 0 Å². The minimum atomic E-state index is -3.74. The first kappa shape index (κ1) is 21.3. The zero-order valence-electron chi connectivity index (χ0n) is 17.1. The Morgan fingerprint density at radius 3 is 2.53 bits per heavy atom. The molecule has 2 unspecified atom stereocenters. The molecule has 0 bridgehead atoms. The van der Waals surface area contributed by atoms with Gasteiger partial charge in [0.15, 0.2) is 0 Å². The van der Waals surface area contributed by atoms with Crippen molar-refractivity contribution in [1.29, 1.82) is 0 Å². The second-order valence-corrected chi connectivity index (χ2v) is 10.8. The van der Waals surface area contributed by atoms with Crippen LogP contribution in [0.1, 0.15) is 54.6 Å². The highest BCUT2D eigenvalue weighted by molar-refractivity contribution is 7.89. The molecule has 2 atom stereocenters. The van der Waals surface area contributed by atoms with Crippen molar-refractivity contribution in [3.05, 3.63) is 64.7 Å². The lowest BCUT2D eigenvalue weighted by Gasteiger charge is -2.30. The van der Waals surface area contributed by atoms with Crippen LogP contribution in [-0.2, 0) is 10.0 Å². The van der Waals surface area contributed by atoms with Crippen LogP contribution >= 0.6 is 11.6 Å². The van der Waals surface area contributed by atoms with E-state index in [1.54, 1.807) is 6.07 Å². The van der Waals surface area contributed by atoms with Crippen LogP contribution < -0.4 is 5.32 Å². The number of hydrogen-bond donors (Lipinski definition) is 1. The second kappa shape index (κ2) is 8.69. The standard InChI is InChI=1S/C23H27ClN2O3S/c1-16-6-5-13-26(15-16)30(28,29)21-14-19(11-12-20(21)24)23(27)25-22(18-9-10-18)17-7-3-2-4-8-17/h2-4,7-8,11-12,14,16,18,22H,5-6,9-10,13,15H2,1H3,(H,25,27). The summed E-state index contributed by atoms with van der Waals surface area (Å²) in [5.41, 5.74) is 1.38. The van der Waals surface area contributed by atoms with Gasteiger partial charge in [-0.25, -0.2) is 8.42 Å². The van der Waals surface area contributed by atoms with Crippen molar-refractivity contribution in [3.8, 4) is 0 Å². The highest BCUT2D eigenvalue weighted by Gasteiger charge is 2.34.